The zero-order chi connectivity index (χ0) is 25.1. The number of fused-ring (bicyclic) bond motifs is 1. The van der Waals surface area contributed by atoms with Gasteiger partial charge in [0.25, 0.3) is 0 Å². The monoisotopic (exact) mass is 505 g/mol. The first-order valence-electron chi connectivity index (χ1n) is 12.6. The van der Waals surface area contributed by atoms with Crippen molar-refractivity contribution in [3.05, 3.63) is 58.7 Å². The lowest BCUT2D eigenvalue weighted by Crippen LogP contribution is -2.22. The molecular weight excluding hydrogens is 466 g/mol. The van der Waals surface area contributed by atoms with Crippen LogP contribution in [0, 0.1) is 0 Å². The molecule has 0 aromatic heterocycles. The van der Waals surface area contributed by atoms with Gasteiger partial charge in [-0.3, -0.25) is 0 Å². The number of aromatic hydroxyl groups is 1. The molecule has 0 saturated heterocycles. The molecule has 3 rings (SSSR count). The van der Waals surface area contributed by atoms with E-state index in [0.717, 1.165) is 75.8 Å². The third-order valence-electron chi connectivity index (χ3n) is 6.50. The van der Waals surface area contributed by atoms with Crippen LogP contribution in [-0.2, 0) is 34.0 Å². The summed E-state index contributed by atoms with van der Waals surface area (Å²) >= 11 is 0. The first-order chi connectivity index (χ1) is 16.9. The van der Waals surface area contributed by atoms with Gasteiger partial charge in [-0.25, -0.2) is 8.42 Å². The number of unbranched alkanes of at least 4 members (excludes halogenated alkanes) is 4. The highest BCUT2D eigenvalue weighted by Crippen LogP contribution is 2.27. The third kappa shape index (κ3) is 8.58. The molecule has 2 aromatic rings. The number of aryl methyl sites for hydroxylation is 2. The number of hydrogen-bond acceptors (Lipinski definition) is 7. The minimum atomic E-state index is -3.06. The molecule has 35 heavy (non-hydrogen) atoms. The molecule has 7 nitrogen and oxygen atoms in total. The van der Waals surface area contributed by atoms with Crippen molar-refractivity contribution in [2.75, 3.05) is 32.1 Å². The minimum absolute atomic E-state index is 0.0368. The summed E-state index contributed by atoms with van der Waals surface area (Å²) in [7, 11) is -3.06. The second kappa shape index (κ2) is 13.9. The van der Waals surface area contributed by atoms with Crippen LogP contribution in [0.2, 0.25) is 0 Å². The Morgan fingerprint density at radius 3 is 2.54 bits per heavy atom. The average molecular weight is 506 g/mol. The number of benzene rings is 2. The van der Waals surface area contributed by atoms with Gasteiger partial charge >= 0.3 is 0 Å². The number of aliphatic hydroxyl groups is 2. The van der Waals surface area contributed by atoms with E-state index in [1.807, 2.05) is 12.1 Å². The zero-order valence-electron chi connectivity index (χ0n) is 20.4. The molecule has 1 aliphatic rings. The van der Waals surface area contributed by atoms with E-state index in [4.69, 9.17) is 4.74 Å². The van der Waals surface area contributed by atoms with Crippen LogP contribution in [0.3, 0.4) is 0 Å². The van der Waals surface area contributed by atoms with Gasteiger partial charge in [0.15, 0.2) is 9.84 Å². The number of phenols is 1. The van der Waals surface area contributed by atoms with Gasteiger partial charge in [-0.1, -0.05) is 31.0 Å². The summed E-state index contributed by atoms with van der Waals surface area (Å²) < 4.78 is 29.8. The van der Waals surface area contributed by atoms with E-state index in [0.29, 0.717) is 29.0 Å². The molecule has 1 aliphatic heterocycles. The molecule has 4 N–H and O–H groups in total. The van der Waals surface area contributed by atoms with Gasteiger partial charge < -0.3 is 25.4 Å². The van der Waals surface area contributed by atoms with Crippen molar-refractivity contribution in [3.63, 3.8) is 0 Å². The Kier molecular flexibility index (Phi) is 11.0. The van der Waals surface area contributed by atoms with Crippen LogP contribution in [0.5, 0.6) is 5.75 Å². The Morgan fingerprint density at radius 2 is 1.74 bits per heavy atom. The molecular formula is C27H39NO6S. The van der Waals surface area contributed by atoms with Gasteiger partial charge in [0.05, 0.1) is 23.4 Å². The van der Waals surface area contributed by atoms with Gasteiger partial charge in [0, 0.05) is 25.3 Å². The molecule has 8 heteroatoms. The highest BCUT2D eigenvalue weighted by atomic mass is 32.2. The first-order valence-corrected chi connectivity index (χ1v) is 14.3. The largest absolute Gasteiger partial charge is 0.508 e. The fraction of sp³-hybridized carbons (Fsp3) is 0.556. The second-order valence-corrected chi connectivity index (χ2v) is 11.3. The third-order valence-corrected chi connectivity index (χ3v) is 8.29. The van der Waals surface area contributed by atoms with E-state index in [2.05, 4.69) is 11.4 Å². The Labute approximate surface area is 209 Å². The summed E-state index contributed by atoms with van der Waals surface area (Å²) in [6, 6.07) is 10.7. The van der Waals surface area contributed by atoms with E-state index in [1.165, 1.54) is 6.07 Å². The van der Waals surface area contributed by atoms with Crippen molar-refractivity contribution in [1.82, 2.24) is 5.32 Å². The van der Waals surface area contributed by atoms with E-state index in [-0.39, 0.29) is 18.1 Å². The predicted octanol–water partition coefficient (Wildman–Crippen LogP) is 3.44. The quantitative estimate of drug-likeness (QED) is 0.258. The van der Waals surface area contributed by atoms with Crippen LogP contribution in [0.4, 0.5) is 0 Å². The number of sulfone groups is 1. The minimum Gasteiger partial charge on any atom is -0.508 e. The lowest BCUT2D eigenvalue weighted by Gasteiger charge is -2.14. The van der Waals surface area contributed by atoms with Crippen LogP contribution >= 0.6 is 0 Å². The number of hydrogen-bond donors (Lipinski definition) is 4. The van der Waals surface area contributed by atoms with Crippen molar-refractivity contribution in [3.8, 4) is 5.75 Å². The van der Waals surface area contributed by atoms with Gasteiger partial charge in [0.1, 0.15) is 5.75 Å². The summed E-state index contributed by atoms with van der Waals surface area (Å²) in [5.41, 5.74) is 3.14. The molecule has 0 spiro atoms. The maximum absolute atomic E-state index is 12.0. The molecule has 2 aromatic carbocycles. The second-order valence-electron chi connectivity index (χ2n) is 9.26. The van der Waals surface area contributed by atoms with Crippen LogP contribution in [0.15, 0.2) is 41.3 Å². The highest BCUT2D eigenvalue weighted by molar-refractivity contribution is 7.91. The molecule has 0 aliphatic carbocycles. The van der Waals surface area contributed by atoms with Crippen LogP contribution in [-0.4, -0.2) is 55.8 Å². The van der Waals surface area contributed by atoms with Gasteiger partial charge in [-0.05, 0) is 80.0 Å². The fourth-order valence-corrected chi connectivity index (χ4v) is 5.95. The lowest BCUT2D eigenvalue weighted by molar-refractivity contribution is 0.126. The molecule has 1 heterocycles. The maximum atomic E-state index is 12.0. The van der Waals surface area contributed by atoms with E-state index >= 15 is 0 Å². The zero-order valence-corrected chi connectivity index (χ0v) is 21.2. The fourth-order valence-electron chi connectivity index (χ4n) is 4.34. The maximum Gasteiger partial charge on any atom is 0.178 e. The number of aliphatic hydroxyl groups excluding tert-OH is 2. The molecule has 0 amide bonds. The van der Waals surface area contributed by atoms with E-state index in [9.17, 15) is 23.7 Å². The topological polar surface area (TPSA) is 116 Å². The van der Waals surface area contributed by atoms with Crippen LogP contribution in [0.25, 0.3) is 0 Å². The molecule has 0 fully saturated rings. The molecule has 1 atom stereocenters. The van der Waals surface area contributed by atoms with E-state index < -0.39 is 15.9 Å². The first kappa shape index (κ1) is 27.6. The van der Waals surface area contributed by atoms with Gasteiger partial charge in [0.2, 0.25) is 0 Å². The highest BCUT2D eigenvalue weighted by Gasteiger charge is 2.25. The molecule has 0 bridgehead atoms. The van der Waals surface area contributed by atoms with Crippen molar-refractivity contribution in [2.24, 2.45) is 0 Å². The average Bonchev–Trinajstić information content (AvgIpc) is 3.16. The summed E-state index contributed by atoms with van der Waals surface area (Å²) in [6.07, 6.45) is 7.06. The molecule has 1 unspecified atom stereocenters. The smallest absolute Gasteiger partial charge is 0.178 e. The Morgan fingerprint density at radius 1 is 0.971 bits per heavy atom. The van der Waals surface area contributed by atoms with Crippen molar-refractivity contribution < 1.29 is 28.5 Å². The number of nitrogens with one attached hydrogen (secondary N) is 1. The van der Waals surface area contributed by atoms with Crippen molar-refractivity contribution in [2.45, 2.75) is 69.0 Å². The summed E-state index contributed by atoms with van der Waals surface area (Å²) in [4.78, 5) is 0.534. The Hall–Kier alpha value is -1.97. The van der Waals surface area contributed by atoms with Crippen molar-refractivity contribution in [1.29, 1.82) is 0 Å². The summed E-state index contributed by atoms with van der Waals surface area (Å²) in [6.45, 7) is 2.50. The normalized spacial score (nSPS) is 15.3. The molecule has 194 valence electrons. The molecule has 0 saturated carbocycles. The van der Waals surface area contributed by atoms with Crippen LogP contribution < -0.4 is 5.32 Å². The predicted molar refractivity (Wildman–Crippen MR) is 136 cm³/mol. The molecule has 0 radical (unpaired) electrons. The standard InChI is InChI=1S/C27H39NO6S/c29-20-24-18-23(10-11-25(24)30)26(31)19-28-13-4-1-2-5-14-34-15-6-3-7-21-8-9-22-12-16-35(32,33)27(22)17-21/h8-11,17-18,26,28-31H,1-7,12-16,19-20H2. The lowest BCUT2D eigenvalue weighted by atomic mass is 10.1. The van der Waals surface area contributed by atoms with E-state index in [1.54, 1.807) is 12.1 Å². The summed E-state index contributed by atoms with van der Waals surface area (Å²) in [5.74, 6) is 0.280. The van der Waals surface area contributed by atoms with Crippen molar-refractivity contribution >= 4 is 9.84 Å². The SMILES string of the molecule is O=S1(=O)CCc2ccc(CCCCOCCCCCCNCC(O)c3ccc(O)c(CO)c3)cc21. The Balaban J connectivity index is 1.15. The van der Waals surface area contributed by atoms with Gasteiger partial charge in [-0.2, -0.15) is 0 Å². The Bertz CT molecular complexity index is 1040. The summed E-state index contributed by atoms with van der Waals surface area (Å²) in [5, 5.41) is 32.3. The van der Waals surface area contributed by atoms with Crippen LogP contribution in [0.1, 0.15) is 66.9 Å². The number of ether oxygens (including phenoxy) is 1. The number of rotatable bonds is 16. The van der Waals surface area contributed by atoms with Gasteiger partial charge in [-0.15, -0.1) is 0 Å².